The Bertz CT molecular complexity index is 356. The first-order valence-electron chi connectivity index (χ1n) is 3.82. The molecule has 1 rings (SSSR count). The van der Waals surface area contributed by atoms with Crippen molar-refractivity contribution in [3.05, 3.63) is 33.3 Å². The van der Waals surface area contributed by atoms with Crippen molar-refractivity contribution in [2.45, 2.75) is 6.42 Å². The SMILES string of the molecule is NOCCc1c(F)c(F)c(Br)c(F)c1F. The third-order valence-electron chi connectivity index (χ3n) is 1.77. The van der Waals surface area contributed by atoms with Crippen molar-refractivity contribution in [3.8, 4) is 0 Å². The van der Waals surface area contributed by atoms with Gasteiger partial charge in [0, 0.05) is 12.0 Å². The monoisotopic (exact) mass is 287 g/mol. The van der Waals surface area contributed by atoms with Gasteiger partial charge in [0.25, 0.3) is 0 Å². The summed E-state index contributed by atoms with van der Waals surface area (Å²) in [6, 6.07) is 0. The highest BCUT2D eigenvalue weighted by molar-refractivity contribution is 9.10. The zero-order valence-electron chi connectivity index (χ0n) is 7.29. The maximum Gasteiger partial charge on any atom is 0.176 e. The minimum atomic E-state index is -1.47. The predicted molar refractivity (Wildman–Crippen MR) is 47.8 cm³/mol. The van der Waals surface area contributed by atoms with Crippen LogP contribution in [0.3, 0.4) is 0 Å². The molecule has 0 bridgehead atoms. The lowest BCUT2D eigenvalue weighted by molar-refractivity contribution is 0.139. The number of nitrogens with two attached hydrogens (primary N) is 1. The average Bonchev–Trinajstić information content (AvgIpc) is 2.24. The second-order valence-electron chi connectivity index (χ2n) is 2.67. The smallest absolute Gasteiger partial charge is 0.176 e. The van der Waals surface area contributed by atoms with Crippen LogP contribution in [-0.4, -0.2) is 6.61 Å². The third kappa shape index (κ3) is 2.30. The van der Waals surface area contributed by atoms with Crippen LogP contribution in [0.1, 0.15) is 5.56 Å². The number of rotatable bonds is 3. The van der Waals surface area contributed by atoms with Gasteiger partial charge >= 0.3 is 0 Å². The van der Waals surface area contributed by atoms with Crippen molar-refractivity contribution in [2.75, 3.05) is 6.61 Å². The molecule has 0 fully saturated rings. The summed E-state index contributed by atoms with van der Waals surface area (Å²) < 4.78 is 51.3. The maximum absolute atomic E-state index is 13.1. The summed E-state index contributed by atoms with van der Waals surface area (Å²) in [4.78, 5) is 4.08. The zero-order valence-corrected chi connectivity index (χ0v) is 8.88. The van der Waals surface area contributed by atoms with Gasteiger partial charge in [0.1, 0.15) is 0 Å². The molecule has 7 heteroatoms. The van der Waals surface area contributed by atoms with Gasteiger partial charge in [-0.2, -0.15) is 0 Å². The Labute approximate surface area is 91.1 Å². The fourth-order valence-corrected chi connectivity index (χ4v) is 1.38. The van der Waals surface area contributed by atoms with E-state index in [1.807, 2.05) is 0 Å². The van der Waals surface area contributed by atoms with Crippen LogP contribution in [0.15, 0.2) is 4.47 Å². The molecule has 0 aliphatic carbocycles. The van der Waals surface area contributed by atoms with E-state index < -0.39 is 33.3 Å². The van der Waals surface area contributed by atoms with Crippen molar-refractivity contribution < 1.29 is 22.4 Å². The zero-order chi connectivity index (χ0) is 11.6. The van der Waals surface area contributed by atoms with E-state index in [1.165, 1.54) is 0 Å². The molecule has 15 heavy (non-hydrogen) atoms. The molecule has 2 nitrogen and oxygen atoms in total. The molecule has 1 aromatic rings. The van der Waals surface area contributed by atoms with Crippen LogP contribution in [0.4, 0.5) is 17.6 Å². The molecular formula is C8H6BrF4NO. The molecule has 0 aliphatic rings. The Balaban J connectivity index is 3.26. The summed E-state index contributed by atoms with van der Waals surface area (Å²) in [7, 11) is 0. The van der Waals surface area contributed by atoms with E-state index in [1.54, 1.807) is 0 Å². The lowest BCUT2D eigenvalue weighted by Gasteiger charge is -2.07. The molecule has 0 atom stereocenters. The third-order valence-corrected chi connectivity index (χ3v) is 2.47. The molecule has 0 heterocycles. The number of benzene rings is 1. The molecule has 2 N–H and O–H groups in total. The van der Waals surface area contributed by atoms with E-state index in [9.17, 15) is 17.6 Å². The lowest BCUT2D eigenvalue weighted by Crippen LogP contribution is -2.10. The van der Waals surface area contributed by atoms with Gasteiger partial charge in [-0.1, -0.05) is 0 Å². The van der Waals surface area contributed by atoms with E-state index in [0.717, 1.165) is 0 Å². The van der Waals surface area contributed by atoms with Gasteiger partial charge in [-0.05, 0) is 15.9 Å². The topological polar surface area (TPSA) is 35.2 Å². The molecule has 0 aliphatic heterocycles. The Kier molecular flexibility index (Phi) is 4.06. The lowest BCUT2D eigenvalue weighted by atomic mass is 10.1. The van der Waals surface area contributed by atoms with Gasteiger partial charge in [0.15, 0.2) is 23.3 Å². The second-order valence-corrected chi connectivity index (χ2v) is 3.46. The van der Waals surface area contributed by atoms with Crippen LogP contribution in [0.5, 0.6) is 0 Å². The van der Waals surface area contributed by atoms with Gasteiger partial charge in [-0.15, -0.1) is 0 Å². The van der Waals surface area contributed by atoms with E-state index in [-0.39, 0.29) is 13.0 Å². The average molecular weight is 288 g/mol. The summed E-state index contributed by atoms with van der Waals surface area (Å²) >= 11 is 2.40. The summed E-state index contributed by atoms with van der Waals surface area (Å²) in [6.45, 7) is -0.242. The van der Waals surface area contributed by atoms with Crippen molar-refractivity contribution in [1.82, 2.24) is 0 Å². The van der Waals surface area contributed by atoms with Crippen LogP contribution >= 0.6 is 15.9 Å². The van der Waals surface area contributed by atoms with Gasteiger partial charge in [0.05, 0.1) is 11.1 Å². The molecule has 0 amide bonds. The molecule has 0 radical (unpaired) electrons. The number of hydrogen-bond donors (Lipinski definition) is 1. The van der Waals surface area contributed by atoms with Crippen molar-refractivity contribution >= 4 is 15.9 Å². The van der Waals surface area contributed by atoms with Crippen LogP contribution in [0.25, 0.3) is 0 Å². The van der Waals surface area contributed by atoms with Crippen LogP contribution < -0.4 is 5.90 Å². The quantitative estimate of drug-likeness (QED) is 0.401. The standard InChI is InChI=1S/C8H6BrF4NO/c9-4-7(12)5(10)3(1-2-15-14)6(11)8(4)13/h1-2,14H2. The fraction of sp³-hybridized carbons (Fsp3) is 0.250. The van der Waals surface area contributed by atoms with E-state index in [2.05, 4.69) is 26.7 Å². The maximum atomic E-state index is 13.1. The minimum Gasteiger partial charge on any atom is -0.304 e. The van der Waals surface area contributed by atoms with Gasteiger partial charge < -0.3 is 4.84 Å². The fourth-order valence-electron chi connectivity index (χ4n) is 1.03. The Morgan fingerprint density at radius 1 is 1.00 bits per heavy atom. The largest absolute Gasteiger partial charge is 0.304 e. The van der Waals surface area contributed by atoms with Crippen molar-refractivity contribution in [1.29, 1.82) is 0 Å². The summed E-state index contributed by atoms with van der Waals surface area (Å²) in [5, 5.41) is 0. The van der Waals surface area contributed by atoms with E-state index in [4.69, 9.17) is 0 Å². The first kappa shape index (κ1) is 12.4. The van der Waals surface area contributed by atoms with Gasteiger partial charge in [-0.25, -0.2) is 23.5 Å². The summed E-state index contributed by atoms with van der Waals surface area (Å²) in [5.41, 5.74) is -0.723. The first-order valence-corrected chi connectivity index (χ1v) is 4.62. The number of hydrogen-bond acceptors (Lipinski definition) is 2. The molecule has 0 unspecified atom stereocenters. The molecule has 84 valence electrons. The molecular weight excluding hydrogens is 282 g/mol. The minimum absolute atomic E-state index is 0.242. The van der Waals surface area contributed by atoms with Crippen LogP contribution in [-0.2, 0) is 11.3 Å². The summed E-state index contributed by atoms with van der Waals surface area (Å²) in [6.07, 6.45) is -0.352. The van der Waals surface area contributed by atoms with Crippen molar-refractivity contribution in [3.63, 3.8) is 0 Å². The first-order chi connectivity index (χ1) is 7.00. The van der Waals surface area contributed by atoms with E-state index >= 15 is 0 Å². The van der Waals surface area contributed by atoms with Gasteiger partial charge in [-0.3, -0.25) is 0 Å². The van der Waals surface area contributed by atoms with Crippen LogP contribution in [0, 0.1) is 23.3 Å². The molecule has 0 saturated heterocycles. The van der Waals surface area contributed by atoms with E-state index in [0.29, 0.717) is 0 Å². The second kappa shape index (κ2) is 4.91. The highest BCUT2D eigenvalue weighted by atomic mass is 79.9. The predicted octanol–water partition coefficient (Wildman–Crippen LogP) is 2.44. The molecule has 1 aromatic carbocycles. The molecule has 0 aromatic heterocycles. The molecule has 0 spiro atoms. The van der Waals surface area contributed by atoms with Gasteiger partial charge in [0.2, 0.25) is 0 Å². The highest BCUT2D eigenvalue weighted by Gasteiger charge is 2.23. The Morgan fingerprint density at radius 3 is 1.87 bits per heavy atom. The van der Waals surface area contributed by atoms with Crippen molar-refractivity contribution in [2.24, 2.45) is 5.90 Å². The number of halogens is 5. The summed E-state index contributed by atoms with van der Waals surface area (Å²) in [5.74, 6) is -1.19. The normalized spacial score (nSPS) is 10.8. The Hall–Kier alpha value is -0.660. The molecule has 0 saturated carbocycles. The highest BCUT2D eigenvalue weighted by Crippen LogP contribution is 2.28. The van der Waals surface area contributed by atoms with Crippen LogP contribution in [0.2, 0.25) is 0 Å². The Morgan fingerprint density at radius 2 is 1.47 bits per heavy atom.